The van der Waals surface area contributed by atoms with E-state index in [-0.39, 0.29) is 18.2 Å². The summed E-state index contributed by atoms with van der Waals surface area (Å²) in [4.78, 5) is 12.6. The van der Waals surface area contributed by atoms with Gasteiger partial charge < -0.3 is 10.1 Å². The van der Waals surface area contributed by atoms with Crippen molar-refractivity contribution in [2.75, 3.05) is 5.32 Å². The normalized spacial score (nSPS) is 11.4. The predicted molar refractivity (Wildman–Crippen MR) is 123 cm³/mol. The first-order valence-corrected chi connectivity index (χ1v) is 11.0. The quantitative estimate of drug-likeness (QED) is 0.311. The molecule has 0 radical (unpaired) electrons. The lowest BCUT2D eigenvalue weighted by Crippen LogP contribution is -2.15. The van der Waals surface area contributed by atoms with Gasteiger partial charge in [0.05, 0.1) is 16.6 Å². The number of hydrogen-bond donors (Lipinski definition) is 1. The standard InChI is InChI=1S/C22H16BrClF3N5O2/c23-18-12-32(11-14-4-6-16(24)7-5-14)30-20(18)28-21(33)19-8-9-31(29-19)13-34-17-3-1-2-15(10-17)22(25,26)27/h1-10,12H,11,13H2,(H,28,30,33). The van der Waals surface area contributed by atoms with E-state index in [2.05, 4.69) is 31.4 Å². The van der Waals surface area contributed by atoms with E-state index in [0.29, 0.717) is 21.9 Å². The molecule has 0 aliphatic heterocycles. The van der Waals surface area contributed by atoms with Crippen molar-refractivity contribution in [2.24, 2.45) is 0 Å². The number of nitrogens with one attached hydrogen (secondary N) is 1. The van der Waals surface area contributed by atoms with Gasteiger partial charge in [0.25, 0.3) is 5.91 Å². The lowest BCUT2D eigenvalue weighted by molar-refractivity contribution is -0.137. The number of halogens is 5. The topological polar surface area (TPSA) is 74.0 Å². The van der Waals surface area contributed by atoms with Crippen LogP contribution in [0.15, 0.2) is 71.5 Å². The maximum absolute atomic E-state index is 12.8. The van der Waals surface area contributed by atoms with E-state index in [0.717, 1.165) is 17.7 Å². The van der Waals surface area contributed by atoms with Crippen molar-refractivity contribution in [1.29, 1.82) is 0 Å². The fraction of sp³-hybridized carbons (Fsp3) is 0.136. The smallest absolute Gasteiger partial charge is 0.416 e. The molecule has 0 unspecified atom stereocenters. The van der Waals surface area contributed by atoms with E-state index in [1.807, 2.05) is 12.1 Å². The van der Waals surface area contributed by atoms with Crippen LogP contribution in [0.3, 0.4) is 0 Å². The highest BCUT2D eigenvalue weighted by Gasteiger charge is 2.30. The van der Waals surface area contributed by atoms with Gasteiger partial charge in [0.2, 0.25) is 0 Å². The van der Waals surface area contributed by atoms with Crippen LogP contribution >= 0.6 is 27.5 Å². The van der Waals surface area contributed by atoms with Gasteiger partial charge >= 0.3 is 6.18 Å². The fourth-order valence-corrected chi connectivity index (χ4v) is 3.51. The summed E-state index contributed by atoms with van der Waals surface area (Å²) < 4.78 is 47.4. The van der Waals surface area contributed by atoms with Crippen LogP contribution in [-0.4, -0.2) is 25.5 Å². The first-order chi connectivity index (χ1) is 16.2. The van der Waals surface area contributed by atoms with Gasteiger partial charge in [0.15, 0.2) is 18.2 Å². The minimum absolute atomic E-state index is 0.0338. The largest absolute Gasteiger partial charge is 0.471 e. The molecule has 2 aromatic carbocycles. The number of carbonyl (C=O) groups is 1. The molecule has 7 nitrogen and oxygen atoms in total. The van der Waals surface area contributed by atoms with Gasteiger partial charge in [-0.15, -0.1) is 0 Å². The molecule has 0 spiro atoms. The number of aromatic nitrogens is 4. The fourth-order valence-electron chi connectivity index (χ4n) is 2.97. The van der Waals surface area contributed by atoms with Gasteiger partial charge in [-0.05, 0) is 57.9 Å². The van der Waals surface area contributed by atoms with Crippen LogP contribution in [0.2, 0.25) is 5.02 Å². The summed E-state index contributed by atoms with van der Waals surface area (Å²) in [7, 11) is 0. The third-order valence-corrected chi connectivity index (χ3v) is 5.44. The number of alkyl halides is 3. The average molecular weight is 555 g/mol. The number of hydrogen-bond acceptors (Lipinski definition) is 4. The zero-order valence-corrected chi connectivity index (χ0v) is 19.6. The molecule has 2 heterocycles. The van der Waals surface area contributed by atoms with Crippen LogP contribution in [-0.2, 0) is 19.5 Å². The number of ether oxygens (including phenoxy) is 1. The SMILES string of the molecule is O=C(Nc1nn(Cc2ccc(Cl)cc2)cc1Br)c1ccn(COc2cccc(C(F)(F)F)c2)n1. The molecule has 0 aliphatic rings. The van der Waals surface area contributed by atoms with Gasteiger partial charge in [-0.3, -0.25) is 9.48 Å². The summed E-state index contributed by atoms with van der Waals surface area (Å²) in [6.45, 7) is 0.307. The van der Waals surface area contributed by atoms with Crippen LogP contribution in [0.4, 0.5) is 19.0 Å². The number of benzene rings is 2. The molecule has 1 amide bonds. The first kappa shape index (κ1) is 23.8. The number of rotatable bonds is 7. The summed E-state index contributed by atoms with van der Waals surface area (Å²) in [5.74, 6) is -0.157. The second-order valence-electron chi connectivity index (χ2n) is 7.14. The van der Waals surface area contributed by atoms with Gasteiger partial charge in [0.1, 0.15) is 5.75 Å². The molecule has 4 aromatic rings. The number of amides is 1. The predicted octanol–water partition coefficient (Wildman–Crippen LogP) is 5.85. The Morgan fingerprint density at radius 2 is 1.85 bits per heavy atom. The summed E-state index contributed by atoms with van der Waals surface area (Å²) in [6, 6.07) is 13.3. The zero-order chi connectivity index (χ0) is 24.3. The molecular formula is C22H16BrClF3N5O2. The van der Waals surface area contributed by atoms with Crippen molar-refractivity contribution in [2.45, 2.75) is 19.5 Å². The van der Waals surface area contributed by atoms with E-state index in [4.69, 9.17) is 16.3 Å². The molecule has 2 aromatic heterocycles. The first-order valence-electron chi connectivity index (χ1n) is 9.79. The monoisotopic (exact) mass is 553 g/mol. The minimum Gasteiger partial charge on any atom is -0.471 e. The average Bonchev–Trinajstić information content (AvgIpc) is 3.40. The highest BCUT2D eigenvalue weighted by Crippen LogP contribution is 2.31. The molecule has 0 bridgehead atoms. The summed E-state index contributed by atoms with van der Waals surface area (Å²) >= 11 is 9.27. The van der Waals surface area contributed by atoms with Gasteiger partial charge in [0, 0.05) is 17.4 Å². The zero-order valence-electron chi connectivity index (χ0n) is 17.3. The van der Waals surface area contributed by atoms with E-state index < -0.39 is 17.6 Å². The second kappa shape index (κ2) is 9.90. The molecule has 4 rings (SSSR count). The lowest BCUT2D eigenvalue weighted by atomic mass is 10.2. The molecule has 34 heavy (non-hydrogen) atoms. The van der Waals surface area contributed by atoms with Crippen molar-refractivity contribution in [3.05, 3.63) is 93.3 Å². The Bertz CT molecular complexity index is 1300. The Labute approximate surface area is 205 Å². The minimum atomic E-state index is -4.47. The molecular weight excluding hydrogens is 539 g/mol. The number of carbonyl (C=O) groups excluding carboxylic acids is 1. The second-order valence-corrected chi connectivity index (χ2v) is 8.43. The lowest BCUT2D eigenvalue weighted by Gasteiger charge is -2.10. The van der Waals surface area contributed by atoms with Crippen LogP contribution in [0.5, 0.6) is 5.75 Å². The Kier molecular flexibility index (Phi) is 6.94. The molecule has 0 saturated heterocycles. The maximum atomic E-state index is 12.8. The molecule has 0 atom stereocenters. The van der Waals surface area contributed by atoms with Crippen molar-refractivity contribution < 1.29 is 22.7 Å². The highest BCUT2D eigenvalue weighted by molar-refractivity contribution is 9.10. The van der Waals surface area contributed by atoms with E-state index in [1.165, 1.54) is 29.1 Å². The Morgan fingerprint density at radius 3 is 2.59 bits per heavy atom. The number of anilines is 1. The Hall–Kier alpha value is -3.31. The van der Waals surface area contributed by atoms with Gasteiger partial charge in [-0.2, -0.15) is 23.4 Å². The number of nitrogens with zero attached hydrogens (tertiary/aromatic N) is 4. The molecule has 0 saturated carbocycles. The summed E-state index contributed by atoms with van der Waals surface area (Å²) in [5.41, 5.74) is 0.259. The van der Waals surface area contributed by atoms with Crippen molar-refractivity contribution in [1.82, 2.24) is 19.6 Å². The van der Waals surface area contributed by atoms with E-state index in [9.17, 15) is 18.0 Å². The van der Waals surface area contributed by atoms with E-state index >= 15 is 0 Å². The Morgan fingerprint density at radius 1 is 1.09 bits per heavy atom. The summed E-state index contributed by atoms with van der Waals surface area (Å²) in [6.07, 6.45) is -1.26. The van der Waals surface area contributed by atoms with Crippen molar-refractivity contribution in [3.63, 3.8) is 0 Å². The van der Waals surface area contributed by atoms with Crippen LogP contribution in [0, 0.1) is 0 Å². The third kappa shape index (κ3) is 5.97. The van der Waals surface area contributed by atoms with Crippen molar-refractivity contribution in [3.8, 4) is 5.75 Å². The molecule has 12 heteroatoms. The molecule has 0 fully saturated rings. The highest BCUT2D eigenvalue weighted by atomic mass is 79.9. The molecule has 0 aliphatic carbocycles. The van der Waals surface area contributed by atoms with Crippen molar-refractivity contribution >= 4 is 39.3 Å². The van der Waals surface area contributed by atoms with Crippen LogP contribution in [0.25, 0.3) is 0 Å². The van der Waals surface area contributed by atoms with E-state index in [1.54, 1.807) is 23.0 Å². The third-order valence-electron chi connectivity index (χ3n) is 4.60. The van der Waals surface area contributed by atoms with Gasteiger partial charge in [-0.25, -0.2) is 4.68 Å². The Balaban J connectivity index is 1.36. The van der Waals surface area contributed by atoms with Crippen LogP contribution < -0.4 is 10.1 Å². The molecule has 1 N–H and O–H groups in total. The van der Waals surface area contributed by atoms with Gasteiger partial charge in [-0.1, -0.05) is 29.8 Å². The maximum Gasteiger partial charge on any atom is 0.416 e. The summed E-state index contributed by atoms with van der Waals surface area (Å²) in [5, 5.41) is 11.8. The molecule has 176 valence electrons. The van der Waals surface area contributed by atoms with Crippen LogP contribution in [0.1, 0.15) is 21.6 Å².